The standard InChI is InChI=1S/C24H37IN4O3/c1-16(30)28-14-11-21-20(15-28)22(25)26-29(21)19-7-5-17(6-8-19)18-9-12-27(13-10-18)23(31)32-24(2,3)4/h17-19H,5-15H2,1-4H3. The van der Waals surface area contributed by atoms with Crippen molar-refractivity contribution in [2.75, 3.05) is 19.6 Å². The Balaban J connectivity index is 1.30. The molecular weight excluding hydrogens is 519 g/mol. The monoisotopic (exact) mass is 556 g/mol. The molecule has 0 aromatic carbocycles. The molecule has 8 heteroatoms. The van der Waals surface area contributed by atoms with Crippen molar-refractivity contribution in [1.82, 2.24) is 19.6 Å². The Kier molecular flexibility index (Phi) is 7.08. The van der Waals surface area contributed by atoms with Crippen molar-refractivity contribution in [2.45, 2.75) is 90.8 Å². The highest BCUT2D eigenvalue weighted by Crippen LogP contribution is 2.41. The molecule has 0 radical (unpaired) electrons. The maximum Gasteiger partial charge on any atom is 0.410 e. The first-order valence-corrected chi connectivity index (χ1v) is 13.2. The van der Waals surface area contributed by atoms with Gasteiger partial charge >= 0.3 is 6.09 Å². The first kappa shape index (κ1) is 23.8. The van der Waals surface area contributed by atoms with Gasteiger partial charge in [0.25, 0.3) is 0 Å². The molecule has 3 heterocycles. The van der Waals surface area contributed by atoms with Crippen LogP contribution in [0.25, 0.3) is 0 Å². The number of hydrogen-bond acceptors (Lipinski definition) is 4. The van der Waals surface area contributed by atoms with Gasteiger partial charge in [0.2, 0.25) is 5.91 Å². The zero-order valence-electron chi connectivity index (χ0n) is 19.9. The van der Waals surface area contributed by atoms with Crippen molar-refractivity contribution < 1.29 is 14.3 Å². The zero-order valence-corrected chi connectivity index (χ0v) is 22.1. The molecule has 178 valence electrons. The lowest BCUT2D eigenvalue weighted by molar-refractivity contribution is -0.129. The molecule has 1 aromatic heterocycles. The maximum absolute atomic E-state index is 12.3. The van der Waals surface area contributed by atoms with Crippen LogP contribution in [0.3, 0.4) is 0 Å². The Morgan fingerprint density at radius 2 is 1.59 bits per heavy atom. The molecule has 1 saturated heterocycles. The van der Waals surface area contributed by atoms with Crippen LogP contribution < -0.4 is 0 Å². The number of likely N-dealkylation sites (tertiary alicyclic amines) is 1. The van der Waals surface area contributed by atoms with Crippen molar-refractivity contribution in [3.05, 3.63) is 15.0 Å². The van der Waals surface area contributed by atoms with E-state index < -0.39 is 5.60 Å². The molecular formula is C24H37IN4O3. The second-order valence-electron chi connectivity index (χ2n) is 10.7. The fraction of sp³-hybridized carbons (Fsp3) is 0.792. The van der Waals surface area contributed by atoms with Gasteiger partial charge in [-0.15, -0.1) is 0 Å². The average Bonchev–Trinajstić information content (AvgIpc) is 3.09. The highest BCUT2D eigenvalue weighted by Gasteiger charge is 2.35. The van der Waals surface area contributed by atoms with Gasteiger partial charge in [-0.3, -0.25) is 9.48 Å². The van der Waals surface area contributed by atoms with Gasteiger partial charge in [0.05, 0.1) is 12.6 Å². The minimum atomic E-state index is -0.430. The molecule has 7 nitrogen and oxygen atoms in total. The van der Waals surface area contributed by atoms with Crippen LogP contribution in [-0.2, 0) is 22.5 Å². The lowest BCUT2D eigenvalue weighted by Crippen LogP contribution is -2.43. The third kappa shape index (κ3) is 5.25. The summed E-state index contributed by atoms with van der Waals surface area (Å²) in [5.74, 6) is 1.62. The zero-order chi connectivity index (χ0) is 23.0. The second-order valence-corrected chi connectivity index (χ2v) is 11.7. The summed E-state index contributed by atoms with van der Waals surface area (Å²) < 4.78 is 8.90. The quantitative estimate of drug-likeness (QED) is 0.493. The molecule has 32 heavy (non-hydrogen) atoms. The van der Waals surface area contributed by atoms with E-state index >= 15 is 0 Å². The molecule has 2 amide bonds. The van der Waals surface area contributed by atoms with Crippen LogP contribution in [0.15, 0.2) is 0 Å². The molecule has 0 bridgehead atoms. The molecule has 0 N–H and O–H groups in total. The van der Waals surface area contributed by atoms with E-state index in [9.17, 15) is 9.59 Å². The predicted molar refractivity (Wildman–Crippen MR) is 131 cm³/mol. The van der Waals surface area contributed by atoms with Crippen LogP contribution in [-0.4, -0.2) is 56.8 Å². The summed E-state index contributed by atoms with van der Waals surface area (Å²) >= 11 is 2.34. The number of nitrogens with zero attached hydrogens (tertiary/aromatic N) is 4. The van der Waals surface area contributed by atoms with Crippen LogP contribution in [0.4, 0.5) is 4.79 Å². The topological polar surface area (TPSA) is 67.7 Å². The van der Waals surface area contributed by atoms with Crippen molar-refractivity contribution in [3.63, 3.8) is 0 Å². The lowest BCUT2D eigenvalue weighted by atomic mass is 9.74. The molecule has 1 aliphatic carbocycles. The van der Waals surface area contributed by atoms with Gasteiger partial charge in [-0.05, 0) is 93.7 Å². The molecule has 1 aromatic rings. The Hall–Kier alpha value is -1.32. The second kappa shape index (κ2) is 9.50. The van der Waals surface area contributed by atoms with Crippen molar-refractivity contribution in [1.29, 1.82) is 0 Å². The van der Waals surface area contributed by atoms with Crippen LogP contribution in [0.5, 0.6) is 0 Å². The van der Waals surface area contributed by atoms with E-state index in [1.165, 1.54) is 36.9 Å². The molecule has 2 fully saturated rings. The molecule has 3 aliphatic rings. The lowest BCUT2D eigenvalue weighted by Gasteiger charge is -2.39. The number of rotatable bonds is 2. The van der Waals surface area contributed by atoms with E-state index in [0.29, 0.717) is 18.5 Å². The van der Waals surface area contributed by atoms with Gasteiger partial charge in [0.15, 0.2) is 0 Å². The first-order chi connectivity index (χ1) is 15.1. The number of carbonyl (C=O) groups excluding carboxylic acids is 2. The fourth-order valence-electron chi connectivity index (χ4n) is 5.67. The molecule has 2 aliphatic heterocycles. The highest BCUT2D eigenvalue weighted by atomic mass is 127. The van der Waals surface area contributed by atoms with Gasteiger partial charge in [0.1, 0.15) is 9.30 Å². The Labute approximate surface area is 205 Å². The van der Waals surface area contributed by atoms with Crippen LogP contribution in [0.1, 0.15) is 83.5 Å². The van der Waals surface area contributed by atoms with Gasteiger partial charge in [-0.1, -0.05) is 0 Å². The third-order valence-electron chi connectivity index (χ3n) is 7.43. The van der Waals surface area contributed by atoms with E-state index in [1.54, 1.807) is 6.92 Å². The molecule has 0 unspecified atom stereocenters. The van der Waals surface area contributed by atoms with E-state index in [0.717, 1.165) is 48.5 Å². The number of ether oxygens (including phenoxy) is 1. The largest absolute Gasteiger partial charge is 0.444 e. The van der Waals surface area contributed by atoms with Crippen molar-refractivity contribution in [2.24, 2.45) is 11.8 Å². The minimum Gasteiger partial charge on any atom is -0.444 e. The minimum absolute atomic E-state index is 0.150. The molecule has 1 saturated carbocycles. The van der Waals surface area contributed by atoms with Gasteiger partial charge < -0.3 is 14.5 Å². The third-order valence-corrected chi connectivity index (χ3v) is 8.29. The van der Waals surface area contributed by atoms with Gasteiger partial charge in [0, 0.05) is 44.2 Å². The summed E-state index contributed by atoms with van der Waals surface area (Å²) in [5.41, 5.74) is 2.17. The maximum atomic E-state index is 12.3. The molecule has 4 rings (SSSR count). The Bertz CT molecular complexity index is 846. The van der Waals surface area contributed by atoms with E-state index in [4.69, 9.17) is 9.84 Å². The van der Waals surface area contributed by atoms with Crippen LogP contribution >= 0.6 is 22.6 Å². The number of halogens is 1. The van der Waals surface area contributed by atoms with E-state index in [-0.39, 0.29) is 12.0 Å². The SMILES string of the molecule is CC(=O)N1CCc2c(c(I)nn2C2CCC(C3CCN(C(=O)OC(C)(C)C)CC3)CC2)C1. The summed E-state index contributed by atoms with van der Waals surface area (Å²) in [4.78, 5) is 28.0. The summed E-state index contributed by atoms with van der Waals surface area (Å²) in [7, 11) is 0. The van der Waals surface area contributed by atoms with Gasteiger partial charge in [-0.2, -0.15) is 5.10 Å². The average molecular weight is 556 g/mol. The predicted octanol–water partition coefficient (Wildman–Crippen LogP) is 4.77. The van der Waals surface area contributed by atoms with E-state index in [2.05, 4.69) is 27.3 Å². The smallest absolute Gasteiger partial charge is 0.410 e. The van der Waals surface area contributed by atoms with E-state index in [1.807, 2.05) is 30.6 Å². The van der Waals surface area contributed by atoms with Crippen LogP contribution in [0.2, 0.25) is 0 Å². The normalized spacial score (nSPS) is 24.9. The number of carbonyl (C=O) groups is 2. The summed E-state index contributed by atoms with van der Waals surface area (Å²) in [6.45, 7) is 10.6. The van der Waals surface area contributed by atoms with Crippen molar-refractivity contribution in [3.8, 4) is 0 Å². The summed E-state index contributed by atoms with van der Waals surface area (Å²) in [6, 6.07) is 0.481. The molecule has 0 spiro atoms. The molecule has 0 atom stereocenters. The summed E-state index contributed by atoms with van der Waals surface area (Å²) in [5, 5.41) is 4.91. The number of hydrogen-bond donors (Lipinski definition) is 0. The number of aromatic nitrogens is 2. The van der Waals surface area contributed by atoms with Crippen molar-refractivity contribution >= 4 is 34.6 Å². The highest BCUT2D eigenvalue weighted by molar-refractivity contribution is 14.1. The Morgan fingerprint density at radius 1 is 0.969 bits per heavy atom. The first-order valence-electron chi connectivity index (χ1n) is 12.1. The fourth-order valence-corrected chi connectivity index (χ4v) is 6.39. The Morgan fingerprint density at radius 3 is 2.19 bits per heavy atom. The van der Waals surface area contributed by atoms with Crippen LogP contribution in [0, 0.1) is 15.5 Å². The number of fused-ring (bicyclic) bond motifs is 1. The number of piperidine rings is 1. The summed E-state index contributed by atoms with van der Waals surface area (Å²) in [6.07, 6.45) is 7.76. The van der Waals surface area contributed by atoms with Gasteiger partial charge in [-0.25, -0.2) is 4.79 Å². The number of amides is 2.